The molecule has 0 fully saturated rings. The Morgan fingerprint density at radius 3 is 2.38 bits per heavy atom. The van der Waals surface area contributed by atoms with E-state index >= 15 is 0 Å². The third-order valence-electron chi connectivity index (χ3n) is 2.61. The van der Waals surface area contributed by atoms with Crippen LogP contribution < -0.4 is 0 Å². The molecular formula is C12H14ClN3. The zero-order chi connectivity index (χ0) is 11.7. The molecule has 3 nitrogen and oxygen atoms in total. The molecule has 0 aliphatic heterocycles. The maximum Gasteiger partial charge on any atom is 0.152 e. The van der Waals surface area contributed by atoms with Gasteiger partial charge in [-0.25, -0.2) is 0 Å². The first kappa shape index (κ1) is 11.1. The summed E-state index contributed by atoms with van der Waals surface area (Å²) in [5, 5.41) is 7.90. The van der Waals surface area contributed by atoms with Gasteiger partial charge in [0.15, 0.2) is 5.82 Å². The van der Waals surface area contributed by atoms with Gasteiger partial charge in [-0.05, 0) is 31.9 Å². The lowest BCUT2D eigenvalue weighted by atomic mass is 10.1. The van der Waals surface area contributed by atoms with Crippen LogP contribution >= 0.6 is 11.6 Å². The number of aryl methyl sites for hydroxylation is 3. The summed E-state index contributed by atoms with van der Waals surface area (Å²) in [6.45, 7) is 6.28. The van der Waals surface area contributed by atoms with Crippen molar-refractivity contribution in [2.24, 2.45) is 0 Å². The molecule has 2 rings (SSSR count). The highest BCUT2D eigenvalue weighted by atomic mass is 35.5. The van der Waals surface area contributed by atoms with Crippen molar-refractivity contribution in [3.05, 3.63) is 41.0 Å². The van der Waals surface area contributed by atoms with Crippen molar-refractivity contribution in [2.75, 3.05) is 0 Å². The van der Waals surface area contributed by atoms with E-state index in [1.807, 2.05) is 4.57 Å². The molecule has 84 valence electrons. The van der Waals surface area contributed by atoms with Gasteiger partial charge in [0.1, 0.15) is 6.33 Å². The van der Waals surface area contributed by atoms with Crippen LogP contribution in [0.5, 0.6) is 0 Å². The molecule has 1 aromatic heterocycles. The molecule has 0 radical (unpaired) electrons. The fourth-order valence-electron chi connectivity index (χ4n) is 2.09. The fraction of sp³-hybridized carbons (Fsp3) is 0.333. The Balaban J connectivity index is 2.64. The zero-order valence-electron chi connectivity index (χ0n) is 9.66. The Morgan fingerprint density at radius 2 is 1.81 bits per heavy atom. The number of alkyl halides is 1. The first-order chi connectivity index (χ1) is 7.63. The SMILES string of the molecule is Cc1cc(C)c(-n2cnnc2CCl)c(C)c1. The summed E-state index contributed by atoms with van der Waals surface area (Å²) in [5.41, 5.74) is 4.82. The number of nitrogens with zero attached hydrogens (tertiary/aromatic N) is 3. The van der Waals surface area contributed by atoms with Crippen LogP contribution in [0.25, 0.3) is 5.69 Å². The summed E-state index contributed by atoms with van der Waals surface area (Å²) in [6, 6.07) is 4.31. The smallest absolute Gasteiger partial charge is 0.152 e. The van der Waals surface area contributed by atoms with Crippen molar-refractivity contribution in [1.82, 2.24) is 14.8 Å². The summed E-state index contributed by atoms with van der Waals surface area (Å²) < 4.78 is 1.96. The lowest BCUT2D eigenvalue weighted by Crippen LogP contribution is -2.03. The second-order valence-corrected chi connectivity index (χ2v) is 4.27. The maximum absolute atomic E-state index is 5.84. The van der Waals surface area contributed by atoms with Crippen molar-refractivity contribution in [2.45, 2.75) is 26.7 Å². The van der Waals surface area contributed by atoms with Gasteiger partial charge in [-0.3, -0.25) is 4.57 Å². The summed E-state index contributed by atoms with van der Waals surface area (Å²) in [6.07, 6.45) is 1.71. The van der Waals surface area contributed by atoms with Crippen molar-refractivity contribution >= 4 is 11.6 Å². The summed E-state index contributed by atoms with van der Waals surface area (Å²) in [4.78, 5) is 0. The van der Waals surface area contributed by atoms with Gasteiger partial charge in [0.25, 0.3) is 0 Å². The van der Waals surface area contributed by atoms with Gasteiger partial charge in [-0.2, -0.15) is 0 Å². The Labute approximate surface area is 100 Å². The third kappa shape index (κ3) is 1.83. The van der Waals surface area contributed by atoms with Crippen molar-refractivity contribution in [3.8, 4) is 5.69 Å². The van der Waals surface area contributed by atoms with Crippen LogP contribution in [0.2, 0.25) is 0 Å². The largest absolute Gasteiger partial charge is 0.284 e. The molecule has 2 aromatic rings. The number of hydrogen-bond acceptors (Lipinski definition) is 2. The van der Waals surface area contributed by atoms with Crippen LogP contribution in [-0.4, -0.2) is 14.8 Å². The van der Waals surface area contributed by atoms with Gasteiger partial charge in [0, 0.05) is 0 Å². The monoisotopic (exact) mass is 235 g/mol. The summed E-state index contributed by atoms with van der Waals surface area (Å²) >= 11 is 5.84. The van der Waals surface area contributed by atoms with Crippen molar-refractivity contribution in [1.29, 1.82) is 0 Å². The van der Waals surface area contributed by atoms with E-state index in [2.05, 4.69) is 43.1 Å². The van der Waals surface area contributed by atoms with Gasteiger partial charge in [0.05, 0.1) is 11.6 Å². The molecular weight excluding hydrogens is 222 g/mol. The third-order valence-corrected chi connectivity index (χ3v) is 2.85. The quantitative estimate of drug-likeness (QED) is 0.750. The van der Waals surface area contributed by atoms with Gasteiger partial charge < -0.3 is 0 Å². The average molecular weight is 236 g/mol. The molecule has 0 bridgehead atoms. The van der Waals surface area contributed by atoms with E-state index in [1.54, 1.807) is 6.33 Å². The molecule has 16 heavy (non-hydrogen) atoms. The van der Waals surface area contributed by atoms with E-state index in [0.29, 0.717) is 5.88 Å². The molecule has 0 saturated carbocycles. The van der Waals surface area contributed by atoms with Crippen LogP contribution in [0, 0.1) is 20.8 Å². The highest BCUT2D eigenvalue weighted by molar-refractivity contribution is 6.16. The molecule has 1 heterocycles. The number of halogens is 1. The Bertz CT molecular complexity index is 494. The maximum atomic E-state index is 5.84. The standard InChI is InChI=1S/C12H14ClN3/c1-8-4-9(2)12(10(3)5-8)16-7-14-15-11(16)6-13/h4-5,7H,6H2,1-3H3. The molecule has 0 unspecified atom stereocenters. The highest BCUT2D eigenvalue weighted by Crippen LogP contribution is 2.22. The summed E-state index contributed by atoms with van der Waals surface area (Å²) in [7, 11) is 0. The molecule has 4 heteroatoms. The van der Waals surface area contributed by atoms with Gasteiger partial charge in [0.2, 0.25) is 0 Å². The first-order valence-corrected chi connectivity index (χ1v) is 5.70. The van der Waals surface area contributed by atoms with Crippen molar-refractivity contribution in [3.63, 3.8) is 0 Å². The lowest BCUT2D eigenvalue weighted by molar-refractivity contribution is 0.934. The van der Waals surface area contributed by atoms with Crippen molar-refractivity contribution < 1.29 is 0 Å². The molecule has 0 amide bonds. The van der Waals surface area contributed by atoms with Gasteiger partial charge >= 0.3 is 0 Å². The summed E-state index contributed by atoms with van der Waals surface area (Å²) in [5.74, 6) is 1.14. The molecule has 0 aliphatic carbocycles. The molecule has 0 spiro atoms. The van der Waals surface area contributed by atoms with E-state index < -0.39 is 0 Å². The van der Waals surface area contributed by atoms with E-state index in [9.17, 15) is 0 Å². The minimum absolute atomic E-state index is 0.368. The van der Waals surface area contributed by atoms with E-state index in [4.69, 9.17) is 11.6 Å². The second kappa shape index (κ2) is 4.26. The molecule has 0 N–H and O–H groups in total. The number of hydrogen-bond donors (Lipinski definition) is 0. The van der Waals surface area contributed by atoms with Gasteiger partial charge in [-0.1, -0.05) is 17.7 Å². The number of rotatable bonds is 2. The van der Waals surface area contributed by atoms with E-state index in [-0.39, 0.29) is 0 Å². The molecule has 0 atom stereocenters. The lowest BCUT2D eigenvalue weighted by Gasteiger charge is -2.13. The Kier molecular flexibility index (Phi) is 2.97. The van der Waals surface area contributed by atoms with E-state index in [1.165, 1.54) is 16.7 Å². The minimum Gasteiger partial charge on any atom is -0.284 e. The Hall–Kier alpha value is -1.35. The van der Waals surface area contributed by atoms with E-state index in [0.717, 1.165) is 11.5 Å². The fourth-order valence-corrected chi connectivity index (χ4v) is 2.27. The molecule has 0 aliphatic rings. The predicted octanol–water partition coefficient (Wildman–Crippen LogP) is 2.93. The normalized spacial score (nSPS) is 10.8. The number of aromatic nitrogens is 3. The zero-order valence-corrected chi connectivity index (χ0v) is 10.4. The topological polar surface area (TPSA) is 30.7 Å². The first-order valence-electron chi connectivity index (χ1n) is 5.16. The Morgan fingerprint density at radius 1 is 1.19 bits per heavy atom. The van der Waals surface area contributed by atoms with Crippen LogP contribution in [0.4, 0.5) is 0 Å². The average Bonchev–Trinajstić information content (AvgIpc) is 2.64. The minimum atomic E-state index is 0.368. The van der Waals surface area contributed by atoms with Crippen LogP contribution in [0.1, 0.15) is 22.5 Å². The second-order valence-electron chi connectivity index (χ2n) is 4.00. The number of benzene rings is 1. The predicted molar refractivity (Wildman–Crippen MR) is 65.1 cm³/mol. The van der Waals surface area contributed by atoms with Crippen LogP contribution in [0.3, 0.4) is 0 Å². The van der Waals surface area contributed by atoms with Crippen LogP contribution in [-0.2, 0) is 5.88 Å². The van der Waals surface area contributed by atoms with Crippen LogP contribution in [0.15, 0.2) is 18.5 Å². The molecule has 1 aromatic carbocycles. The molecule has 0 saturated heterocycles. The van der Waals surface area contributed by atoms with Gasteiger partial charge in [-0.15, -0.1) is 21.8 Å². The highest BCUT2D eigenvalue weighted by Gasteiger charge is 2.10.